The van der Waals surface area contributed by atoms with Gasteiger partial charge in [-0.15, -0.1) is 0 Å². The fourth-order valence-corrected chi connectivity index (χ4v) is 3.55. The molecule has 0 aliphatic carbocycles. The highest BCUT2D eigenvalue weighted by Gasteiger charge is 2.34. The molecular formula is C21H16F6N2O4S. The number of hydrogen-bond acceptors (Lipinski definition) is 4. The van der Waals surface area contributed by atoms with Crippen molar-refractivity contribution in [1.29, 1.82) is 0 Å². The van der Waals surface area contributed by atoms with Gasteiger partial charge in [-0.2, -0.15) is 13.2 Å². The van der Waals surface area contributed by atoms with E-state index in [0.717, 1.165) is 30.5 Å². The predicted octanol–water partition coefficient (Wildman–Crippen LogP) is 5.25. The summed E-state index contributed by atoms with van der Waals surface area (Å²) < 4.78 is 110. The molecule has 3 rings (SSSR count). The Labute approximate surface area is 189 Å². The van der Waals surface area contributed by atoms with Gasteiger partial charge in [-0.1, -0.05) is 0 Å². The molecule has 3 aromatic rings. The van der Waals surface area contributed by atoms with E-state index in [-0.39, 0.29) is 22.6 Å². The maximum atomic E-state index is 14.2. The van der Waals surface area contributed by atoms with E-state index in [1.807, 2.05) is 0 Å². The van der Waals surface area contributed by atoms with Crippen LogP contribution >= 0.6 is 0 Å². The smallest absolute Gasteiger partial charge is 0.419 e. The first-order chi connectivity index (χ1) is 15.7. The van der Waals surface area contributed by atoms with Crippen LogP contribution in [0.5, 0.6) is 0 Å². The Balaban J connectivity index is 1.79. The number of furan rings is 1. The van der Waals surface area contributed by atoms with E-state index in [0.29, 0.717) is 12.1 Å². The zero-order chi connectivity index (χ0) is 25.4. The highest BCUT2D eigenvalue weighted by molar-refractivity contribution is 7.92. The van der Waals surface area contributed by atoms with Gasteiger partial charge in [-0.25, -0.2) is 21.6 Å². The Morgan fingerprint density at radius 2 is 1.59 bits per heavy atom. The largest absolute Gasteiger partial charge is 0.451 e. The average Bonchev–Trinajstić information content (AvgIpc) is 3.19. The molecular weight excluding hydrogens is 490 g/mol. The molecule has 2 N–H and O–H groups in total. The summed E-state index contributed by atoms with van der Waals surface area (Å²) in [7, 11) is -3.94. The van der Waals surface area contributed by atoms with Gasteiger partial charge in [0.05, 0.1) is 17.9 Å². The molecule has 1 atom stereocenters. The normalized spacial score (nSPS) is 12.9. The van der Waals surface area contributed by atoms with Crippen molar-refractivity contribution < 1.29 is 44.0 Å². The van der Waals surface area contributed by atoms with Gasteiger partial charge >= 0.3 is 6.18 Å². The van der Waals surface area contributed by atoms with Crippen molar-refractivity contribution in [3.05, 3.63) is 76.8 Å². The highest BCUT2D eigenvalue weighted by atomic mass is 32.2. The fraction of sp³-hybridized carbons (Fsp3) is 0.190. The summed E-state index contributed by atoms with van der Waals surface area (Å²) in [6.07, 6.45) is -4.21. The van der Waals surface area contributed by atoms with Crippen molar-refractivity contribution in [2.75, 3.05) is 11.0 Å². The van der Waals surface area contributed by atoms with Crippen molar-refractivity contribution in [3.63, 3.8) is 0 Å². The van der Waals surface area contributed by atoms with Crippen molar-refractivity contribution >= 4 is 21.6 Å². The minimum atomic E-state index is -4.93. The first-order valence-corrected chi connectivity index (χ1v) is 11.3. The first kappa shape index (κ1) is 25.1. The Kier molecular flexibility index (Phi) is 6.69. The molecule has 0 aliphatic rings. The van der Waals surface area contributed by atoms with E-state index in [4.69, 9.17) is 4.42 Å². The number of anilines is 1. The zero-order valence-electron chi connectivity index (χ0n) is 17.4. The van der Waals surface area contributed by atoms with E-state index in [1.54, 1.807) is 4.72 Å². The van der Waals surface area contributed by atoms with E-state index in [1.165, 1.54) is 13.0 Å². The molecule has 1 aromatic heterocycles. The second-order valence-corrected chi connectivity index (χ2v) is 9.03. The van der Waals surface area contributed by atoms with Crippen LogP contribution in [0.4, 0.5) is 32.0 Å². The lowest BCUT2D eigenvalue weighted by Crippen LogP contribution is -2.26. The number of nitrogens with one attached hydrogen (secondary N) is 2. The first-order valence-electron chi connectivity index (χ1n) is 9.40. The van der Waals surface area contributed by atoms with Crippen LogP contribution in [0.15, 0.2) is 46.9 Å². The van der Waals surface area contributed by atoms with Crippen LogP contribution in [0.2, 0.25) is 0 Å². The maximum absolute atomic E-state index is 14.2. The molecule has 0 bridgehead atoms. The minimum absolute atomic E-state index is 0.0393. The van der Waals surface area contributed by atoms with Gasteiger partial charge in [-0.05, 0) is 55.0 Å². The molecule has 13 heteroatoms. The van der Waals surface area contributed by atoms with E-state index < -0.39 is 56.9 Å². The van der Waals surface area contributed by atoms with Gasteiger partial charge in [0.2, 0.25) is 10.0 Å². The lowest BCUT2D eigenvalue weighted by atomic mass is 10.1. The summed E-state index contributed by atoms with van der Waals surface area (Å²) in [5.41, 5.74) is -2.54. The fourth-order valence-electron chi connectivity index (χ4n) is 2.99. The topological polar surface area (TPSA) is 88.4 Å². The third-order valence-electron chi connectivity index (χ3n) is 4.59. The molecule has 0 saturated heterocycles. The molecule has 0 saturated carbocycles. The molecule has 0 fully saturated rings. The molecule has 182 valence electrons. The van der Waals surface area contributed by atoms with Gasteiger partial charge in [0.25, 0.3) is 5.91 Å². The van der Waals surface area contributed by atoms with Crippen molar-refractivity contribution in [2.24, 2.45) is 0 Å². The summed E-state index contributed by atoms with van der Waals surface area (Å²) in [6, 6.07) is 5.25. The second kappa shape index (κ2) is 9.05. The Hall–Kier alpha value is -3.48. The van der Waals surface area contributed by atoms with Crippen LogP contribution in [-0.4, -0.2) is 20.6 Å². The average molecular weight is 506 g/mol. The number of hydrogen-bond donors (Lipinski definition) is 2. The van der Waals surface area contributed by atoms with Gasteiger partial charge < -0.3 is 9.73 Å². The van der Waals surface area contributed by atoms with Crippen LogP contribution < -0.4 is 10.0 Å². The second-order valence-electron chi connectivity index (χ2n) is 7.29. The summed E-state index contributed by atoms with van der Waals surface area (Å²) >= 11 is 0. The Bertz CT molecular complexity index is 1330. The summed E-state index contributed by atoms with van der Waals surface area (Å²) in [5.74, 6) is -5.20. The third-order valence-corrected chi connectivity index (χ3v) is 5.16. The summed E-state index contributed by atoms with van der Waals surface area (Å²) in [5, 5.41) is 2.40. The number of carbonyl (C=O) groups is 1. The summed E-state index contributed by atoms with van der Waals surface area (Å²) in [6.45, 7) is 1.38. The number of rotatable bonds is 6. The maximum Gasteiger partial charge on any atom is 0.419 e. The van der Waals surface area contributed by atoms with Gasteiger partial charge in [0.15, 0.2) is 17.4 Å². The predicted molar refractivity (Wildman–Crippen MR) is 110 cm³/mol. The molecule has 2 aromatic carbocycles. The van der Waals surface area contributed by atoms with E-state index in [2.05, 4.69) is 5.32 Å². The highest BCUT2D eigenvalue weighted by Crippen LogP contribution is 2.35. The van der Waals surface area contributed by atoms with Crippen LogP contribution in [0.25, 0.3) is 11.3 Å². The molecule has 0 spiro atoms. The van der Waals surface area contributed by atoms with Crippen LogP contribution in [0, 0.1) is 17.5 Å². The quantitative estimate of drug-likeness (QED) is 0.448. The van der Waals surface area contributed by atoms with E-state index in [9.17, 15) is 39.6 Å². The van der Waals surface area contributed by atoms with Crippen molar-refractivity contribution in [3.8, 4) is 11.3 Å². The van der Waals surface area contributed by atoms with Gasteiger partial charge in [-0.3, -0.25) is 9.52 Å². The molecule has 34 heavy (non-hydrogen) atoms. The molecule has 0 aliphatic heterocycles. The lowest BCUT2D eigenvalue weighted by molar-refractivity contribution is -0.139. The standard InChI is InChI=1S/C21H16F6N2O4S/c1-10(12-8-15(23)19(16(24)9-12)29-34(2,31)32)28-20(30)18-6-5-17(33-18)11-3-4-14(22)13(7-11)21(25,26)27/h3-10,29H,1-2H3,(H,28,30). The van der Waals surface area contributed by atoms with Crippen molar-refractivity contribution in [2.45, 2.75) is 19.1 Å². The Morgan fingerprint density at radius 1 is 0.971 bits per heavy atom. The van der Waals surface area contributed by atoms with E-state index >= 15 is 0 Å². The third kappa shape index (κ3) is 5.71. The Morgan fingerprint density at radius 3 is 2.15 bits per heavy atom. The molecule has 1 unspecified atom stereocenters. The molecule has 1 heterocycles. The number of halogens is 6. The number of benzene rings is 2. The number of sulfonamides is 1. The van der Waals surface area contributed by atoms with Crippen LogP contribution in [0.3, 0.4) is 0 Å². The number of amides is 1. The van der Waals surface area contributed by atoms with Crippen LogP contribution in [-0.2, 0) is 16.2 Å². The molecule has 6 nitrogen and oxygen atoms in total. The minimum Gasteiger partial charge on any atom is -0.451 e. The van der Waals surface area contributed by atoms with Crippen LogP contribution in [0.1, 0.15) is 34.6 Å². The monoisotopic (exact) mass is 506 g/mol. The van der Waals surface area contributed by atoms with Gasteiger partial charge in [0, 0.05) is 5.56 Å². The van der Waals surface area contributed by atoms with Crippen molar-refractivity contribution in [1.82, 2.24) is 5.32 Å². The van der Waals surface area contributed by atoms with Gasteiger partial charge in [0.1, 0.15) is 17.3 Å². The SMILES string of the molecule is CC(NC(=O)c1ccc(-c2ccc(F)c(C(F)(F)F)c2)o1)c1cc(F)c(NS(C)(=O)=O)c(F)c1. The zero-order valence-corrected chi connectivity index (χ0v) is 18.2. The number of carbonyl (C=O) groups excluding carboxylic acids is 1. The molecule has 0 radical (unpaired) electrons. The lowest BCUT2D eigenvalue weighted by Gasteiger charge is -2.15. The summed E-state index contributed by atoms with van der Waals surface area (Å²) in [4.78, 5) is 12.5. The molecule has 1 amide bonds. The number of alkyl halides is 3.